The summed E-state index contributed by atoms with van der Waals surface area (Å²) < 4.78 is 0. The third-order valence-corrected chi connectivity index (χ3v) is 4.54. The molecule has 3 unspecified atom stereocenters. The summed E-state index contributed by atoms with van der Waals surface area (Å²) in [5.41, 5.74) is 0. The van der Waals surface area contributed by atoms with Gasteiger partial charge in [-0.1, -0.05) is 27.7 Å². The van der Waals surface area contributed by atoms with Crippen molar-refractivity contribution in [3.05, 3.63) is 0 Å². The van der Waals surface area contributed by atoms with E-state index in [2.05, 4.69) is 51.1 Å². The van der Waals surface area contributed by atoms with Gasteiger partial charge < -0.3 is 4.90 Å². The minimum absolute atomic E-state index is 0.0236. The SMILES string of the molecule is CSCCC(C)N1C(=O)C(CC(C)C)NC1CC(C)C. The van der Waals surface area contributed by atoms with Crippen LogP contribution in [0, 0.1) is 11.8 Å². The maximum Gasteiger partial charge on any atom is 0.241 e. The molecule has 1 aliphatic heterocycles. The van der Waals surface area contributed by atoms with Gasteiger partial charge in [0.2, 0.25) is 5.91 Å². The average molecular weight is 301 g/mol. The zero-order chi connectivity index (χ0) is 15.3. The van der Waals surface area contributed by atoms with Crippen molar-refractivity contribution in [3.8, 4) is 0 Å². The third-order valence-electron chi connectivity index (χ3n) is 3.90. The molecule has 118 valence electrons. The molecule has 1 aliphatic rings. The molecule has 0 aliphatic carbocycles. The van der Waals surface area contributed by atoms with E-state index in [4.69, 9.17) is 0 Å². The molecule has 0 radical (unpaired) electrons. The molecule has 0 spiro atoms. The molecule has 1 heterocycles. The Morgan fingerprint density at radius 3 is 2.25 bits per heavy atom. The van der Waals surface area contributed by atoms with Gasteiger partial charge in [0.1, 0.15) is 0 Å². The van der Waals surface area contributed by atoms with Crippen molar-refractivity contribution in [2.45, 2.75) is 72.1 Å². The first-order valence-corrected chi connectivity index (χ1v) is 9.33. The number of nitrogens with one attached hydrogen (secondary N) is 1. The minimum atomic E-state index is 0.0236. The highest BCUT2D eigenvalue weighted by molar-refractivity contribution is 7.98. The van der Waals surface area contributed by atoms with Crippen LogP contribution in [0.5, 0.6) is 0 Å². The predicted octanol–water partition coefficient (Wildman–Crippen LogP) is 3.35. The van der Waals surface area contributed by atoms with Crippen LogP contribution in [0.3, 0.4) is 0 Å². The number of hydrogen-bond acceptors (Lipinski definition) is 3. The van der Waals surface area contributed by atoms with Crippen LogP contribution in [0.2, 0.25) is 0 Å². The Hall–Kier alpha value is -0.220. The van der Waals surface area contributed by atoms with E-state index in [1.54, 1.807) is 0 Å². The molecule has 0 aromatic carbocycles. The first-order chi connectivity index (χ1) is 9.36. The van der Waals surface area contributed by atoms with Crippen molar-refractivity contribution < 1.29 is 4.79 Å². The fourth-order valence-electron chi connectivity index (χ4n) is 2.94. The molecule has 3 nitrogen and oxygen atoms in total. The highest BCUT2D eigenvalue weighted by Gasteiger charge is 2.40. The number of amides is 1. The van der Waals surface area contributed by atoms with Crippen molar-refractivity contribution in [1.29, 1.82) is 0 Å². The second kappa shape index (κ2) is 8.28. The zero-order valence-electron chi connectivity index (χ0n) is 14.0. The lowest BCUT2D eigenvalue weighted by Crippen LogP contribution is -2.44. The van der Waals surface area contributed by atoms with Gasteiger partial charge in [-0.05, 0) is 50.0 Å². The van der Waals surface area contributed by atoms with E-state index in [0.29, 0.717) is 23.8 Å². The van der Waals surface area contributed by atoms with Crippen LogP contribution in [-0.2, 0) is 4.79 Å². The lowest BCUT2D eigenvalue weighted by molar-refractivity contribution is -0.132. The quantitative estimate of drug-likeness (QED) is 0.746. The number of nitrogens with zero attached hydrogens (tertiary/aromatic N) is 1. The maximum absolute atomic E-state index is 12.7. The molecule has 20 heavy (non-hydrogen) atoms. The number of rotatable bonds is 8. The van der Waals surface area contributed by atoms with E-state index < -0.39 is 0 Å². The van der Waals surface area contributed by atoms with Gasteiger partial charge in [-0.25, -0.2) is 0 Å². The lowest BCUT2D eigenvalue weighted by atomic mass is 10.0. The minimum Gasteiger partial charge on any atom is -0.323 e. The molecular formula is C16H32N2OS. The Morgan fingerprint density at radius 1 is 1.15 bits per heavy atom. The van der Waals surface area contributed by atoms with Crippen LogP contribution >= 0.6 is 11.8 Å². The van der Waals surface area contributed by atoms with Crippen LogP contribution in [0.25, 0.3) is 0 Å². The largest absolute Gasteiger partial charge is 0.323 e. The topological polar surface area (TPSA) is 32.3 Å². The monoisotopic (exact) mass is 300 g/mol. The highest BCUT2D eigenvalue weighted by Crippen LogP contribution is 2.25. The standard InChI is InChI=1S/C16H32N2OS/c1-11(2)9-14-16(19)18(13(5)7-8-20-6)15(17-14)10-12(3)4/h11-15,17H,7-10H2,1-6H3. The molecule has 0 saturated carbocycles. The molecule has 0 aromatic heterocycles. The first-order valence-electron chi connectivity index (χ1n) is 7.94. The van der Waals surface area contributed by atoms with E-state index in [0.717, 1.165) is 25.0 Å². The fourth-order valence-corrected chi connectivity index (χ4v) is 3.51. The number of carbonyl (C=O) groups is 1. The number of hydrogen-bond donors (Lipinski definition) is 1. The van der Waals surface area contributed by atoms with Gasteiger partial charge in [-0.2, -0.15) is 11.8 Å². The maximum atomic E-state index is 12.7. The molecule has 4 heteroatoms. The second-order valence-electron chi connectivity index (χ2n) is 6.87. The van der Waals surface area contributed by atoms with Crippen LogP contribution < -0.4 is 5.32 Å². The summed E-state index contributed by atoms with van der Waals surface area (Å²) in [4.78, 5) is 14.8. The van der Waals surface area contributed by atoms with E-state index in [1.807, 2.05) is 11.8 Å². The summed E-state index contributed by atoms with van der Waals surface area (Å²) >= 11 is 1.86. The van der Waals surface area contributed by atoms with E-state index in [1.165, 1.54) is 0 Å². The molecule has 0 bridgehead atoms. The summed E-state index contributed by atoms with van der Waals surface area (Å²) in [7, 11) is 0. The van der Waals surface area contributed by atoms with Gasteiger partial charge in [0.25, 0.3) is 0 Å². The van der Waals surface area contributed by atoms with Crippen molar-refractivity contribution >= 4 is 17.7 Å². The van der Waals surface area contributed by atoms with Crippen LogP contribution in [0.15, 0.2) is 0 Å². The number of carbonyl (C=O) groups excluding carboxylic acids is 1. The van der Waals surface area contributed by atoms with Crippen molar-refractivity contribution in [2.75, 3.05) is 12.0 Å². The summed E-state index contributed by atoms with van der Waals surface area (Å²) in [6.45, 7) is 11.0. The summed E-state index contributed by atoms with van der Waals surface area (Å²) in [6.07, 6.45) is 5.42. The van der Waals surface area contributed by atoms with Gasteiger partial charge in [-0.3, -0.25) is 10.1 Å². The summed E-state index contributed by atoms with van der Waals surface area (Å²) in [6, 6.07) is 0.360. The van der Waals surface area contributed by atoms with Crippen molar-refractivity contribution in [3.63, 3.8) is 0 Å². The van der Waals surface area contributed by atoms with Crippen LogP contribution in [0.4, 0.5) is 0 Å². The molecule has 1 saturated heterocycles. The van der Waals surface area contributed by atoms with E-state index >= 15 is 0 Å². The Labute approximate surface area is 129 Å². The molecule has 1 fully saturated rings. The van der Waals surface area contributed by atoms with E-state index in [9.17, 15) is 4.79 Å². The van der Waals surface area contributed by atoms with Crippen LogP contribution in [0.1, 0.15) is 53.9 Å². The van der Waals surface area contributed by atoms with Gasteiger partial charge in [0.05, 0.1) is 12.2 Å². The lowest BCUT2D eigenvalue weighted by Gasteiger charge is -2.31. The number of thioether (sulfide) groups is 1. The Bertz CT molecular complexity index is 307. The van der Waals surface area contributed by atoms with Crippen molar-refractivity contribution in [2.24, 2.45) is 11.8 Å². The fraction of sp³-hybridized carbons (Fsp3) is 0.938. The van der Waals surface area contributed by atoms with E-state index in [-0.39, 0.29) is 12.2 Å². The van der Waals surface area contributed by atoms with Gasteiger partial charge in [-0.15, -0.1) is 0 Å². The average Bonchev–Trinajstić information content (AvgIpc) is 2.61. The smallest absolute Gasteiger partial charge is 0.241 e. The van der Waals surface area contributed by atoms with Crippen molar-refractivity contribution in [1.82, 2.24) is 10.2 Å². The Kier molecular flexibility index (Phi) is 7.38. The second-order valence-corrected chi connectivity index (χ2v) is 7.86. The molecule has 0 aromatic rings. The van der Waals surface area contributed by atoms with Gasteiger partial charge in [0.15, 0.2) is 0 Å². The molecule has 1 rings (SSSR count). The molecular weight excluding hydrogens is 268 g/mol. The Balaban J connectivity index is 2.76. The normalized spacial score (nSPS) is 25.0. The highest BCUT2D eigenvalue weighted by atomic mass is 32.2. The predicted molar refractivity (Wildman–Crippen MR) is 88.9 cm³/mol. The first kappa shape index (κ1) is 17.8. The third kappa shape index (κ3) is 4.96. The summed E-state index contributed by atoms with van der Waals surface area (Å²) in [5.74, 6) is 2.60. The molecule has 3 atom stereocenters. The van der Waals surface area contributed by atoms with Crippen LogP contribution in [-0.4, -0.2) is 41.1 Å². The zero-order valence-corrected chi connectivity index (χ0v) is 14.8. The molecule has 1 N–H and O–H groups in total. The summed E-state index contributed by atoms with van der Waals surface area (Å²) in [5, 5.41) is 3.58. The molecule has 1 amide bonds. The Morgan fingerprint density at radius 2 is 1.75 bits per heavy atom. The van der Waals surface area contributed by atoms with Gasteiger partial charge >= 0.3 is 0 Å². The van der Waals surface area contributed by atoms with Gasteiger partial charge in [0, 0.05) is 6.04 Å².